The van der Waals surface area contributed by atoms with E-state index < -0.39 is 0 Å². The van der Waals surface area contributed by atoms with Crippen molar-refractivity contribution in [1.82, 2.24) is 4.98 Å². The molecule has 0 radical (unpaired) electrons. The van der Waals surface area contributed by atoms with E-state index in [0.717, 1.165) is 15.2 Å². The molecule has 4 heteroatoms. The van der Waals surface area contributed by atoms with Gasteiger partial charge in [-0.3, -0.25) is 0 Å². The lowest BCUT2D eigenvalue weighted by atomic mass is 9.81. The molecule has 1 fully saturated rings. The average molecular weight is 295 g/mol. The highest BCUT2D eigenvalue weighted by Crippen LogP contribution is 2.42. The Hall–Kier alpha value is -0.640. The molecule has 1 aromatic heterocycles. The van der Waals surface area contributed by atoms with E-state index in [1.54, 1.807) is 11.3 Å². The van der Waals surface area contributed by atoms with Crippen molar-refractivity contribution in [3.63, 3.8) is 0 Å². The van der Waals surface area contributed by atoms with Crippen molar-refractivity contribution >= 4 is 33.2 Å². The van der Waals surface area contributed by atoms with Crippen LogP contribution in [-0.4, -0.2) is 11.5 Å². The first-order chi connectivity index (χ1) is 9.25. The molecule has 1 aliphatic carbocycles. The Labute approximate surface area is 123 Å². The molecule has 2 aromatic rings. The molecule has 0 amide bonds. The third kappa shape index (κ3) is 2.39. The summed E-state index contributed by atoms with van der Waals surface area (Å²) < 4.78 is 1.11. The largest absolute Gasteiger partial charge is 0.329 e. The number of thiazole rings is 1. The minimum Gasteiger partial charge on any atom is -0.329 e. The van der Waals surface area contributed by atoms with Gasteiger partial charge in [-0.1, -0.05) is 43.4 Å². The van der Waals surface area contributed by atoms with Crippen molar-refractivity contribution in [2.75, 3.05) is 6.54 Å². The second kappa shape index (κ2) is 5.39. The first kappa shape index (κ1) is 13.3. The molecule has 1 aliphatic rings. The van der Waals surface area contributed by atoms with Gasteiger partial charge in [0, 0.05) is 12.0 Å². The van der Waals surface area contributed by atoms with Gasteiger partial charge in [0.2, 0.25) is 0 Å². The van der Waals surface area contributed by atoms with Gasteiger partial charge < -0.3 is 5.73 Å². The molecule has 1 aromatic carbocycles. The maximum atomic E-state index is 6.27. The van der Waals surface area contributed by atoms with Gasteiger partial charge in [0.15, 0.2) is 0 Å². The summed E-state index contributed by atoms with van der Waals surface area (Å²) >= 11 is 8.01. The Bertz CT molecular complexity index is 571. The van der Waals surface area contributed by atoms with Crippen LogP contribution in [0.1, 0.15) is 43.5 Å². The van der Waals surface area contributed by atoms with Crippen LogP contribution in [-0.2, 0) is 5.41 Å². The second-order valence-electron chi connectivity index (χ2n) is 5.51. The van der Waals surface area contributed by atoms with Crippen molar-refractivity contribution in [3.8, 4) is 0 Å². The molecule has 1 saturated carbocycles. The van der Waals surface area contributed by atoms with Crippen LogP contribution >= 0.6 is 22.9 Å². The average Bonchev–Trinajstić information content (AvgIpc) is 2.72. The SMILES string of the molecule is NCC1(c2nc3cccc(Cl)c3s2)CCCCCC1. The first-order valence-corrected chi connectivity index (χ1v) is 8.20. The number of aromatic nitrogens is 1. The zero-order chi connectivity index (χ0) is 13.3. The van der Waals surface area contributed by atoms with Gasteiger partial charge in [-0.15, -0.1) is 11.3 Å². The third-order valence-electron chi connectivity index (χ3n) is 4.27. The van der Waals surface area contributed by atoms with E-state index in [9.17, 15) is 0 Å². The van der Waals surface area contributed by atoms with Crippen LogP contribution in [0.4, 0.5) is 0 Å². The molecule has 3 rings (SSSR count). The standard InChI is InChI=1S/C15H19ClN2S/c16-11-6-5-7-12-13(11)19-14(18-12)15(10-17)8-3-1-2-4-9-15/h5-7H,1-4,8-10,17H2. The van der Waals surface area contributed by atoms with Crippen LogP contribution in [0.2, 0.25) is 5.02 Å². The topological polar surface area (TPSA) is 38.9 Å². The lowest BCUT2D eigenvalue weighted by molar-refractivity contribution is 0.380. The van der Waals surface area contributed by atoms with Crippen molar-refractivity contribution in [2.24, 2.45) is 5.73 Å². The maximum Gasteiger partial charge on any atom is 0.101 e. The van der Waals surface area contributed by atoms with E-state index in [2.05, 4.69) is 0 Å². The van der Waals surface area contributed by atoms with Gasteiger partial charge in [-0.2, -0.15) is 0 Å². The fourth-order valence-electron chi connectivity index (χ4n) is 3.05. The summed E-state index contributed by atoms with van der Waals surface area (Å²) in [5, 5.41) is 2.00. The van der Waals surface area contributed by atoms with E-state index in [1.165, 1.54) is 43.5 Å². The molecule has 19 heavy (non-hydrogen) atoms. The van der Waals surface area contributed by atoms with E-state index in [1.807, 2.05) is 18.2 Å². The number of hydrogen-bond acceptors (Lipinski definition) is 3. The molecule has 0 saturated heterocycles. The molecule has 0 spiro atoms. The number of nitrogens with two attached hydrogens (primary N) is 1. The summed E-state index contributed by atoms with van der Waals surface area (Å²) in [7, 11) is 0. The molecule has 102 valence electrons. The van der Waals surface area contributed by atoms with Gasteiger partial charge >= 0.3 is 0 Å². The zero-order valence-electron chi connectivity index (χ0n) is 11.0. The first-order valence-electron chi connectivity index (χ1n) is 7.01. The molecule has 1 heterocycles. The summed E-state index contributed by atoms with van der Waals surface area (Å²) in [5.41, 5.74) is 7.24. The van der Waals surface area contributed by atoms with Gasteiger partial charge in [-0.05, 0) is 25.0 Å². The fraction of sp³-hybridized carbons (Fsp3) is 0.533. The van der Waals surface area contributed by atoms with E-state index >= 15 is 0 Å². The van der Waals surface area contributed by atoms with E-state index in [-0.39, 0.29) is 5.41 Å². The number of nitrogens with zero attached hydrogens (tertiary/aromatic N) is 1. The summed E-state index contributed by atoms with van der Waals surface area (Å²) in [5.74, 6) is 0. The molecular formula is C15H19ClN2S. The third-order valence-corrected chi connectivity index (χ3v) is 6.05. The van der Waals surface area contributed by atoms with E-state index in [0.29, 0.717) is 6.54 Å². The highest BCUT2D eigenvalue weighted by atomic mass is 35.5. The molecular weight excluding hydrogens is 276 g/mol. The van der Waals surface area contributed by atoms with E-state index in [4.69, 9.17) is 22.3 Å². The van der Waals surface area contributed by atoms with Crippen LogP contribution in [0.3, 0.4) is 0 Å². The number of fused-ring (bicyclic) bond motifs is 1. The summed E-state index contributed by atoms with van der Waals surface area (Å²) in [6.07, 6.45) is 7.52. The molecule has 0 unspecified atom stereocenters. The van der Waals surface area contributed by atoms with Crippen molar-refractivity contribution < 1.29 is 0 Å². The highest BCUT2D eigenvalue weighted by molar-refractivity contribution is 7.19. The monoisotopic (exact) mass is 294 g/mol. The summed E-state index contributed by atoms with van der Waals surface area (Å²) in [6.45, 7) is 0.699. The van der Waals surface area contributed by atoms with Crippen LogP contribution < -0.4 is 5.73 Å². The van der Waals surface area contributed by atoms with Crippen molar-refractivity contribution in [3.05, 3.63) is 28.2 Å². The predicted molar refractivity (Wildman–Crippen MR) is 83.1 cm³/mol. The Morgan fingerprint density at radius 3 is 2.58 bits per heavy atom. The fourth-order valence-corrected chi connectivity index (χ4v) is 4.56. The van der Waals surface area contributed by atoms with Crippen LogP contribution in [0, 0.1) is 0 Å². The number of halogens is 1. The predicted octanol–water partition coefficient (Wildman–Crippen LogP) is 4.50. The Balaban J connectivity index is 2.07. The van der Waals surface area contributed by atoms with Gasteiger partial charge in [-0.25, -0.2) is 4.98 Å². The Kier molecular flexibility index (Phi) is 3.79. The maximum absolute atomic E-state index is 6.27. The zero-order valence-corrected chi connectivity index (χ0v) is 12.6. The van der Waals surface area contributed by atoms with Gasteiger partial charge in [0.05, 0.1) is 15.2 Å². The van der Waals surface area contributed by atoms with Gasteiger partial charge in [0.1, 0.15) is 5.01 Å². The molecule has 2 N–H and O–H groups in total. The smallest absolute Gasteiger partial charge is 0.101 e. The Morgan fingerprint density at radius 1 is 1.21 bits per heavy atom. The summed E-state index contributed by atoms with van der Waals surface area (Å²) in [6, 6.07) is 5.95. The Morgan fingerprint density at radius 2 is 1.95 bits per heavy atom. The number of benzene rings is 1. The van der Waals surface area contributed by atoms with Crippen LogP contribution in [0.15, 0.2) is 18.2 Å². The quantitative estimate of drug-likeness (QED) is 0.828. The molecule has 0 atom stereocenters. The number of hydrogen-bond donors (Lipinski definition) is 1. The molecule has 2 nitrogen and oxygen atoms in total. The van der Waals surface area contributed by atoms with Crippen LogP contribution in [0.5, 0.6) is 0 Å². The normalized spacial score (nSPS) is 19.5. The minimum atomic E-state index is 0.0868. The number of rotatable bonds is 2. The lowest BCUT2D eigenvalue weighted by Crippen LogP contribution is -2.34. The van der Waals surface area contributed by atoms with Gasteiger partial charge in [0.25, 0.3) is 0 Å². The lowest BCUT2D eigenvalue weighted by Gasteiger charge is -2.28. The van der Waals surface area contributed by atoms with Crippen molar-refractivity contribution in [1.29, 1.82) is 0 Å². The molecule has 0 aliphatic heterocycles. The highest BCUT2D eigenvalue weighted by Gasteiger charge is 2.34. The van der Waals surface area contributed by atoms with Crippen molar-refractivity contribution in [2.45, 2.75) is 43.9 Å². The van der Waals surface area contributed by atoms with Crippen LogP contribution in [0.25, 0.3) is 10.2 Å². The minimum absolute atomic E-state index is 0.0868. The summed E-state index contributed by atoms with van der Waals surface area (Å²) in [4.78, 5) is 4.84. The molecule has 0 bridgehead atoms. The second-order valence-corrected chi connectivity index (χ2v) is 6.91.